The third-order valence-corrected chi connectivity index (χ3v) is 10.5. The number of aryl methyl sites for hydroxylation is 1. The van der Waals surface area contributed by atoms with E-state index in [0.717, 1.165) is 41.8 Å². The molecule has 0 N–H and O–H groups in total. The van der Waals surface area contributed by atoms with Crippen molar-refractivity contribution in [3.63, 3.8) is 0 Å². The van der Waals surface area contributed by atoms with E-state index in [9.17, 15) is 27.6 Å². The Labute approximate surface area is 278 Å². The third kappa shape index (κ3) is 8.77. The van der Waals surface area contributed by atoms with Crippen LogP contribution in [0.25, 0.3) is 10.9 Å². The maximum atomic E-state index is 13.8. The van der Waals surface area contributed by atoms with Crippen LogP contribution in [0, 0.1) is 17.8 Å². The minimum Gasteiger partial charge on any atom is -0.494 e. The summed E-state index contributed by atoms with van der Waals surface area (Å²) in [4.78, 5) is 40.7. The summed E-state index contributed by atoms with van der Waals surface area (Å²) in [6.07, 6.45) is -2.11. The van der Waals surface area contributed by atoms with Crippen molar-refractivity contribution in [2.45, 2.75) is 64.1 Å². The molecule has 0 radical (unpaired) electrons. The van der Waals surface area contributed by atoms with Crippen LogP contribution >= 0.6 is 0 Å². The summed E-state index contributed by atoms with van der Waals surface area (Å²) in [7, 11) is -1.52. The Bertz CT molecular complexity index is 1790. The number of alkyl halides is 3. The fourth-order valence-electron chi connectivity index (χ4n) is 6.13. The Kier molecular flexibility index (Phi) is 10.8. The van der Waals surface area contributed by atoms with E-state index in [1.165, 1.54) is 5.56 Å². The number of ether oxygens (including phenoxy) is 2. The Morgan fingerprint density at radius 1 is 0.958 bits per heavy atom. The van der Waals surface area contributed by atoms with Gasteiger partial charge in [-0.05, 0) is 85.7 Å². The number of ketones is 1. The molecule has 12 heteroatoms. The van der Waals surface area contributed by atoms with Crippen LogP contribution in [0.4, 0.5) is 13.2 Å². The van der Waals surface area contributed by atoms with Gasteiger partial charge in [0.15, 0.2) is 5.78 Å². The van der Waals surface area contributed by atoms with Gasteiger partial charge >= 0.3 is 12.1 Å². The normalized spacial score (nSPS) is 18.2. The van der Waals surface area contributed by atoms with Gasteiger partial charge in [-0.25, -0.2) is 4.68 Å². The maximum absolute atomic E-state index is 13.8. The lowest BCUT2D eigenvalue weighted by Gasteiger charge is -2.24. The molecule has 8 nitrogen and oxygen atoms in total. The molecule has 0 unspecified atom stereocenters. The summed E-state index contributed by atoms with van der Waals surface area (Å²) in [6.45, 7) is 7.15. The van der Waals surface area contributed by atoms with Crippen LogP contribution in [-0.2, 0) is 28.7 Å². The number of rotatable bonds is 13. The second-order valence-electron chi connectivity index (χ2n) is 13.6. The number of hydrogen-bond donors (Lipinski definition) is 0. The van der Waals surface area contributed by atoms with Crippen molar-refractivity contribution in [1.82, 2.24) is 15.0 Å². The topological polar surface area (TPSA) is 100 Å². The van der Waals surface area contributed by atoms with Crippen molar-refractivity contribution in [2.75, 3.05) is 13.2 Å². The summed E-state index contributed by atoms with van der Waals surface area (Å²) in [6, 6.07) is 20.5. The highest BCUT2D eigenvalue weighted by Crippen LogP contribution is 2.41. The van der Waals surface area contributed by atoms with Crippen LogP contribution < -0.4 is 10.3 Å². The fourth-order valence-corrected chi connectivity index (χ4v) is 6.84. The van der Waals surface area contributed by atoms with Crippen LogP contribution in [0.1, 0.15) is 40.7 Å². The number of carbonyl (C=O) groups excluding carboxylic acids is 2. The zero-order valence-electron chi connectivity index (χ0n) is 27.3. The number of benzene rings is 3. The highest BCUT2D eigenvalue weighted by Gasteiger charge is 2.46. The third-order valence-electron chi connectivity index (χ3n) is 8.81. The second-order valence-corrected chi connectivity index (χ2v) is 19.2. The summed E-state index contributed by atoms with van der Waals surface area (Å²) in [5.74, 6) is -2.18. The summed E-state index contributed by atoms with van der Waals surface area (Å²) < 4.78 is 52.7. The summed E-state index contributed by atoms with van der Waals surface area (Å²) in [5, 5.41) is 7.70. The SMILES string of the molecule is C[Si](C)(C)CCOC(=O)[C@H]1[C@H](Cn2nnc3ccc(C(F)(F)F)cc3c2=O)CC[C@@H]1C(=O)c1ccc(OCCCc2ccccc2)cc1. The van der Waals surface area contributed by atoms with E-state index in [4.69, 9.17) is 9.47 Å². The standard InChI is InChI=1S/C36H40F3N3O5Si/c1-48(2,3)21-20-47-35(45)32-26(23-42-34(44)30-22-27(36(37,38)39)14-18-31(30)40-41-42)13-17-29(32)33(43)25-11-15-28(16-12-25)46-19-7-10-24-8-5-4-6-9-24/h4-6,8-9,11-12,14-16,18,22,26,29,32H,7,10,13,17,19-21,23H2,1-3H3/t26-,29-,32-/m0/s1. The Morgan fingerprint density at radius 3 is 2.38 bits per heavy atom. The number of esters is 1. The van der Waals surface area contributed by atoms with Gasteiger partial charge in [-0.2, -0.15) is 13.2 Å². The molecule has 1 aromatic heterocycles. The van der Waals surface area contributed by atoms with Crippen LogP contribution in [-0.4, -0.2) is 48.0 Å². The number of hydrogen-bond acceptors (Lipinski definition) is 7. The molecule has 0 saturated heterocycles. The molecule has 3 atom stereocenters. The molecule has 1 aliphatic carbocycles. The van der Waals surface area contributed by atoms with Gasteiger partial charge in [0.2, 0.25) is 0 Å². The Hall–Kier alpha value is -4.32. The highest BCUT2D eigenvalue weighted by atomic mass is 28.3. The zero-order chi connectivity index (χ0) is 34.5. The molecule has 1 saturated carbocycles. The van der Waals surface area contributed by atoms with Crippen LogP contribution in [0.2, 0.25) is 25.7 Å². The van der Waals surface area contributed by atoms with Gasteiger partial charge < -0.3 is 9.47 Å². The van der Waals surface area contributed by atoms with Gasteiger partial charge in [0.05, 0.1) is 36.6 Å². The van der Waals surface area contributed by atoms with E-state index in [1.807, 2.05) is 18.2 Å². The lowest BCUT2D eigenvalue weighted by Crippen LogP contribution is -2.36. The molecule has 0 bridgehead atoms. The van der Waals surface area contributed by atoms with Gasteiger partial charge in [-0.3, -0.25) is 14.4 Å². The van der Waals surface area contributed by atoms with Crippen molar-refractivity contribution in [3.05, 3.63) is 99.8 Å². The lowest BCUT2D eigenvalue weighted by molar-refractivity contribution is -0.150. The predicted octanol–water partition coefficient (Wildman–Crippen LogP) is 7.23. The lowest BCUT2D eigenvalue weighted by atomic mass is 9.84. The quantitative estimate of drug-likeness (QED) is 0.0636. The largest absolute Gasteiger partial charge is 0.494 e. The molecule has 5 rings (SSSR count). The number of nitrogens with zero attached hydrogens (tertiary/aromatic N) is 3. The van der Waals surface area contributed by atoms with E-state index >= 15 is 0 Å². The molecule has 1 fully saturated rings. The molecule has 0 aliphatic heterocycles. The number of Topliss-reactive ketones (excluding diaryl/α,β-unsaturated/α-hetero) is 1. The average Bonchev–Trinajstić information content (AvgIpc) is 3.47. The zero-order valence-corrected chi connectivity index (χ0v) is 28.3. The number of aromatic nitrogens is 3. The van der Waals surface area contributed by atoms with Gasteiger partial charge in [0.25, 0.3) is 5.56 Å². The van der Waals surface area contributed by atoms with E-state index in [-0.39, 0.29) is 29.8 Å². The van der Waals surface area contributed by atoms with Gasteiger partial charge in [0, 0.05) is 19.6 Å². The smallest absolute Gasteiger partial charge is 0.416 e. The molecule has 3 aromatic carbocycles. The first-order valence-corrected chi connectivity index (χ1v) is 19.9. The molecule has 254 valence electrons. The second kappa shape index (κ2) is 14.8. The Balaban J connectivity index is 1.31. The molecule has 48 heavy (non-hydrogen) atoms. The molecule has 4 aromatic rings. The minimum atomic E-state index is -4.63. The molecular weight excluding hydrogens is 639 g/mol. The molecule has 0 amide bonds. The monoisotopic (exact) mass is 679 g/mol. The van der Waals surface area contributed by atoms with Crippen molar-refractivity contribution < 1.29 is 32.2 Å². The molecular formula is C36H40F3N3O5Si. The molecule has 0 spiro atoms. The van der Waals surface area contributed by atoms with Crippen LogP contribution in [0.3, 0.4) is 0 Å². The first-order valence-electron chi connectivity index (χ1n) is 16.2. The highest BCUT2D eigenvalue weighted by molar-refractivity contribution is 6.76. The molecule has 1 aliphatic rings. The van der Waals surface area contributed by atoms with Gasteiger partial charge in [-0.15, -0.1) is 5.10 Å². The first kappa shape index (κ1) is 35.0. The Morgan fingerprint density at radius 2 is 1.69 bits per heavy atom. The first-order chi connectivity index (χ1) is 22.8. The van der Waals surface area contributed by atoms with Crippen LogP contribution in [0.15, 0.2) is 77.6 Å². The van der Waals surface area contributed by atoms with Gasteiger partial charge in [0.1, 0.15) is 11.3 Å². The van der Waals surface area contributed by atoms with Crippen molar-refractivity contribution in [1.29, 1.82) is 0 Å². The van der Waals surface area contributed by atoms with Crippen molar-refractivity contribution >= 4 is 30.7 Å². The van der Waals surface area contributed by atoms with Gasteiger partial charge in [-0.1, -0.05) is 55.2 Å². The van der Waals surface area contributed by atoms with E-state index in [0.29, 0.717) is 30.8 Å². The van der Waals surface area contributed by atoms with E-state index < -0.39 is 49.1 Å². The van der Waals surface area contributed by atoms with E-state index in [2.05, 4.69) is 42.1 Å². The summed E-state index contributed by atoms with van der Waals surface area (Å²) >= 11 is 0. The fraction of sp³-hybridized carbons (Fsp3) is 0.417. The number of halogens is 3. The van der Waals surface area contributed by atoms with E-state index in [1.54, 1.807) is 24.3 Å². The average molecular weight is 680 g/mol. The number of fused-ring (bicyclic) bond motifs is 1. The van der Waals surface area contributed by atoms with Crippen molar-refractivity contribution in [2.24, 2.45) is 17.8 Å². The van der Waals surface area contributed by atoms with Crippen molar-refractivity contribution in [3.8, 4) is 5.75 Å². The number of carbonyl (C=O) groups is 2. The maximum Gasteiger partial charge on any atom is 0.416 e. The van der Waals surface area contributed by atoms with Crippen LogP contribution in [0.5, 0.6) is 5.75 Å². The minimum absolute atomic E-state index is 0.0367. The predicted molar refractivity (Wildman–Crippen MR) is 179 cm³/mol. The molecule has 1 heterocycles. The summed E-state index contributed by atoms with van der Waals surface area (Å²) in [5.41, 5.74) is -0.00972.